The van der Waals surface area contributed by atoms with E-state index < -0.39 is 5.41 Å². The van der Waals surface area contributed by atoms with Crippen LogP contribution in [0.3, 0.4) is 0 Å². The van der Waals surface area contributed by atoms with Crippen molar-refractivity contribution in [2.75, 3.05) is 4.90 Å². The van der Waals surface area contributed by atoms with Crippen molar-refractivity contribution in [3.05, 3.63) is 234 Å². The molecule has 2 heteroatoms. The van der Waals surface area contributed by atoms with Gasteiger partial charge in [-0.1, -0.05) is 184 Å². The molecule has 0 aliphatic heterocycles. The molecule has 13 rings (SSSR count). The normalized spacial score (nSPS) is 16.0. The van der Waals surface area contributed by atoms with Crippen LogP contribution in [0.4, 0.5) is 17.1 Å². The minimum atomic E-state index is -0.482. The summed E-state index contributed by atoms with van der Waals surface area (Å²) in [7, 11) is 0. The zero-order valence-corrected chi connectivity index (χ0v) is 34.2. The first-order valence-corrected chi connectivity index (χ1v) is 21.8. The van der Waals surface area contributed by atoms with Crippen molar-refractivity contribution >= 4 is 48.6 Å². The molecule has 0 amide bonds. The van der Waals surface area contributed by atoms with Crippen LogP contribution in [0, 0.1) is 0 Å². The number of thiophene rings is 1. The van der Waals surface area contributed by atoms with Crippen molar-refractivity contribution in [1.29, 1.82) is 0 Å². The standard InChI is InChI=1S/C58H39NS/c1-57(2)45-24-11-6-20-39(45)44-35-37(31-33-46(44)57)59(51-28-14-9-19-38(51)36-17-4-3-5-18-36)52-29-16-27-49-54(52)42-22-7-12-25-47(42)58(49)48-26-13-8-23-43(48)55-50(58)34-32-41-40-21-10-15-30-53(40)60-56(41)55/h3-35H,1-2H3. The summed E-state index contributed by atoms with van der Waals surface area (Å²) in [5.41, 5.74) is 21.4. The molecule has 9 aromatic carbocycles. The van der Waals surface area contributed by atoms with E-state index in [1.165, 1.54) is 104 Å². The van der Waals surface area contributed by atoms with Crippen molar-refractivity contribution in [3.8, 4) is 44.5 Å². The van der Waals surface area contributed by atoms with Crippen molar-refractivity contribution in [3.63, 3.8) is 0 Å². The summed E-state index contributed by atoms with van der Waals surface area (Å²) in [6, 6.07) is 75.3. The highest BCUT2D eigenvalue weighted by molar-refractivity contribution is 7.26. The quantitative estimate of drug-likeness (QED) is 0.172. The second-order valence-corrected chi connectivity index (χ2v) is 18.2. The first-order valence-electron chi connectivity index (χ1n) is 21.0. The van der Waals surface area contributed by atoms with Crippen LogP contribution in [0.15, 0.2) is 200 Å². The van der Waals surface area contributed by atoms with Gasteiger partial charge in [0.25, 0.3) is 0 Å². The Hall–Kier alpha value is -7.00. The van der Waals surface area contributed by atoms with Crippen LogP contribution in [0.25, 0.3) is 64.7 Å². The molecule has 1 spiro atoms. The molecule has 1 heterocycles. The van der Waals surface area contributed by atoms with Crippen molar-refractivity contribution in [2.45, 2.75) is 24.7 Å². The highest BCUT2D eigenvalue weighted by Crippen LogP contribution is 2.66. The fraction of sp³-hybridized carbons (Fsp3) is 0.0690. The lowest BCUT2D eigenvalue weighted by atomic mass is 9.70. The van der Waals surface area contributed by atoms with Gasteiger partial charge in [0.1, 0.15) is 0 Å². The molecule has 0 fully saturated rings. The summed E-state index contributed by atoms with van der Waals surface area (Å²) in [6.45, 7) is 4.73. The molecule has 3 aliphatic rings. The van der Waals surface area contributed by atoms with Gasteiger partial charge in [-0.15, -0.1) is 11.3 Å². The van der Waals surface area contributed by atoms with Gasteiger partial charge in [0.2, 0.25) is 0 Å². The molecular formula is C58H39NS. The van der Waals surface area contributed by atoms with E-state index in [1.807, 2.05) is 11.3 Å². The van der Waals surface area contributed by atoms with Crippen molar-refractivity contribution < 1.29 is 0 Å². The number of rotatable bonds is 4. The monoisotopic (exact) mass is 781 g/mol. The molecule has 0 radical (unpaired) electrons. The molecule has 0 bridgehead atoms. The third-order valence-electron chi connectivity index (χ3n) is 13.9. The zero-order valence-electron chi connectivity index (χ0n) is 33.4. The molecule has 1 aromatic heterocycles. The van der Waals surface area contributed by atoms with Gasteiger partial charge in [-0.05, 0) is 91.5 Å². The molecule has 0 saturated carbocycles. The van der Waals surface area contributed by atoms with Crippen LogP contribution >= 0.6 is 11.3 Å². The number of para-hydroxylation sites is 1. The molecule has 10 aromatic rings. The van der Waals surface area contributed by atoms with E-state index in [-0.39, 0.29) is 5.41 Å². The van der Waals surface area contributed by atoms with Gasteiger partial charge in [-0.25, -0.2) is 0 Å². The Bertz CT molecular complexity index is 3420. The van der Waals surface area contributed by atoms with Gasteiger partial charge in [0.05, 0.1) is 16.8 Å². The maximum Gasteiger partial charge on any atom is 0.0726 e. The van der Waals surface area contributed by atoms with Crippen LogP contribution in [-0.4, -0.2) is 0 Å². The minimum Gasteiger partial charge on any atom is -0.309 e. The Morgan fingerprint density at radius 3 is 1.75 bits per heavy atom. The summed E-state index contributed by atoms with van der Waals surface area (Å²) < 4.78 is 2.71. The van der Waals surface area contributed by atoms with E-state index in [9.17, 15) is 0 Å². The van der Waals surface area contributed by atoms with Crippen LogP contribution in [-0.2, 0) is 10.8 Å². The van der Waals surface area contributed by atoms with E-state index in [0.717, 1.165) is 11.4 Å². The molecule has 60 heavy (non-hydrogen) atoms. The molecule has 0 N–H and O–H groups in total. The second kappa shape index (κ2) is 12.3. The number of hydrogen-bond donors (Lipinski definition) is 0. The summed E-state index contributed by atoms with van der Waals surface area (Å²) in [5.74, 6) is 0. The Labute approximate surface area is 354 Å². The average Bonchev–Trinajstić information content (AvgIpc) is 3.99. The highest BCUT2D eigenvalue weighted by atomic mass is 32.1. The SMILES string of the molecule is CC1(C)c2ccccc2-c2cc(N(c3ccccc3-c3ccccc3)c3cccc4c3-c3ccccc3C43c4ccccc4-c4c3ccc3c4sc4ccccc43)ccc21. The van der Waals surface area contributed by atoms with E-state index in [1.54, 1.807) is 0 Å². The molecule has 1 atom stereocenters. The lowest BCUT2D eigenvalue weighted by Crippen LogP contribution is -2.26. The van der Waals surface area contributed by atoms with Gasteiger partial charge in [-0.2, -0.15) is 0 Å². The van der Waals surface area contributed by atoms with Crippen molar-refractivity contribution in [1.82, 2.24) is 0 Å². The van der Waals surface area contributed by atoms with E-state index in [0.29, 0.717) is 0 Å². The number of anilines is 3. The van der Waals surface area contributed by atoms with Gasteiger partial charge in [-0.3, -0.25) is 0 Å². The van der Waals surface area contributed by atoms with Gasteiger partial charge < -0.3 is 4.90 Å². The van der Waals surface area contributed by atoms with E-state index >= 15 is 0 Å². The van der Waals surface area contributed by atoms with E-state index in [2.05, 4.69) is 219 Å². The highest BCUT2D eigenvalue weighted by Gasteiger charge is 2.53. The minimum absolute atomic E-state index is 0.0837. The lowest BCUT2D eigenvalue weighted by molar-refractivity contribution is 0.660. The number of nitrogens with zero attached hydrogens (tertiary/aromatic N) is 1. The van der Waals surface area contributed by atoms with Crippen LogP contribution in [0.2, 0.25) is 0 Å². The summed E-state index contributed by atoms with van der Waals surface area (Å²) in [4.78, 5) is 2.56. The van der Waals surface area contributed by atoms with Gasteiger partial charge in [0.15, 0.2) is 0 Å². The molecule has 282 valence electrons. The Morgan fingerprint density at radius 1 is 0.383 bits per heavy atom. The fourth-order valence-corrected chi connectivity index (χ4v) is 12.7. The lowest BCUT2D eigenvalue weighted by Gasteiger charge is -2.32. The van der Waals surface area contributed by atoms with Crippen LogP contribution < -0.4 is 4.90 Å². The maximum absolute atomic E-state index is 2.56. The molecule has 0 saturated heterocycles. The Morgan fingerprint density at radius 2 is 0.950 bits per heavy atom. The first kappa shape index (κ1) is 33.9. The molecule has 3 aliphatic carbocycles. The molecular weight excluding hydrogens is 743 g/mol. The van der Waals surface area contributed by atoms with Gasteiger partial charge in [0, 0.05) is 48.0 Å². The molecule has 1 nitrogen and oxygen atoms in total. The predicted molar refractivity (Wildman–Crippen MR) is 253 cm³/mol. The van der Waals surface area contributed by atoms with E-state index in [4.69, 9.17) is 0 Å². The third-order valence-corrected chi connectivity index (χ3v) is 15.1. The number of benzene rings is 9. The maximum atomic E-state index is 2.56. The first-order chi connectivity index (χ1) is 29.5. The largest absolute Gasteiger partial charge is 0.309 e. The topological polar surface area (TPSA) is 3.24 Å². The summed E-state index contributed by atoms with van der Waals surface area (Å²) in [6.07, 6.45) is 0. The van der Waals surface area contributed by atoms with Gasteiger partial charge >= 0.3 is 0 Å². The number of fused-ring (bicyclic) bond motifs is 17. The summed E-state index contributed by atoms with van der Waals surface area (Å²) in [5, 5.41) is 2.67. The fourth-order valence-electron chi connectivity index (χ4n) is 11.4. The smallest absolute Gasteiger partial charge is 0.0726 e. The molecule has 1 unspecified atom stereocenters. The van der Waals surface area contributed by atoms with Crippen molar-refractivity contribution in [2.24, 2.45) is 0 Å². The third kappa shape index (κ3) is 4.31. The Balaban J connectivity index is 1.13. The van der Waals surface area contributed by atoms with Crippen LogP contribution in [0.1, 0.15) is 47.2 Å². The zero-order chi connectivity index (χ0) is 39.7. The second-order valence-electron chi connectivity index (χ2n) is 17.1. The Kier molecular flexibility index (Phi) is 6.94. The summed E-state index contributed by atoms with van der Waals surface area (Å²) >= 11 is 1.93. The number of hydrogen-bond acceptors (Lipinski definition) is 2. The van der Waals surface area contributed by atoms with Crippen LogP contribution in [0.5, 0.6) is 0 Å². The predicted octanol–water partition coefficient (Wildman–Crippen LogP) is 15.8. The average molecular weight is 782 g/mol.